The first-order chi connectivity index (χ1) is 21.6. The van der Waals surface area contributed by atoms with Crippen LogP contribution in [0, 0.1) is 0 Å². The van der Waals surface area contributed by atoms with Gasteiger partial charge in [-0.3, -0.25) is 4.57 Å². The van der Waals surface area contributed by atoms with Crippen molar-refractivity contribution in [3.05, 3.63) is 139 Å². The number of rotatable bonds is 1. The highest BCUT2D eigenvalue weighted by Gasteiger charge is 2.36. The van der Waals surface area contributed by atoms with Crippen molar-refractivity contribution in [2.24, 2.45) is 0 Å². The number of benzene rings is 6. The van der Waals surface area contributed by atoms with E-state index in [-0.39, 0.29) is 5.41 Å². The van der Waals surface area contributed by atoms with Crippen LogP contribution in [0.4, 0.5) is 0 Å². The first-order valence-electron chi connectivity index (χ1n) is 15.3. The molecule has 2 aromatic heterocycles. The Morgan fingerprint density at radius 3 is 2.05 bits per heavy atom. The average molecular weight is 562 g/mol. The van der Waals surface area contributed by atoms with Gasteiger partial charge in [-0.1, -0.05) is 123 Å². The Morgan fingerprint density at radius 1 is 0.523 bits per heavy atom. The monoisotopic (exact) mass is 561 g/mol. The summed E-state index contributed by atoms with van der Waals surface area (Å²) in [5, 5.41) is 2.45. The van der Waals surface area contributed by atoms with Crippen LogP contribution in [0.5, 0.6) is 0 Å². The van der Waals surface area contributed by atoms with Gasteiger partial charge in [-0.15, -0.1) is 0 Å². The van der Waals surface area contributed by atoms with Crippen LogP contribution >= 0.6 is 0 Å². The van der Waals surface area contributed by atoms with Crippen LogP contribution in [0.15, 0.2) is 127 Å². The first kappa shape index (κ1) is 24.0. The summed E-state index contributed by atoms with van der Waals surface area (Å²) >= 11 is 0. The Hall–Kier alpha value is -5.54. The van der Waals surface area contributed by atoms with Gasteiger partial charge in [0.05, 0.1) is 22.1 Å². The lowest BCUT2D eigenvalue weighted by molar-refractivity contribution is 0.660. The van der Waals surface area contributed by atoms with Gasteiger partial charge in [-0.05, 0) is 57.1 Å². The van der Waals surface area contributed by atoms with Crippen molar-refractivity contribution in [2.45, 2.75) is 19.3 Å². The normalized spacial score (nSPS) is 13.9. The molecule has 3 nitrogen and oxygen atoms in total. The molecule has 1 aliphatic heterocycles. The van der Waals surface area contributed by atoms with E-state index in [0.717, 1.165) is 33.6 Å². The predicted octanol–water partition coefficient (Wildman–Crippen LogP) is 10.3. The second kappa shape index (κ2) is 8.30. The quantitative estimate of drug-likeness (QED) is 0.200. The van der Waals surface area contributed by atoms with Crippen molar-refractivity contribution in [1.29, 1.82) is 0 Å². The van der Waals surface area contributed by atoms with E-state index in [1.165, 1.54) is 60.8 Å². The molecule has 2 aliphatic rings. The standard InChI is InChI=1S/C41H27N3/c1-41(2)32-17-6-5-13-31(32)37-25(14-10-18-33(37)41)24-21-22-27-30-16-9-15-29-26-11-3-4-12-28(26)38-40(44(39(29)30)36(27)23-24)43-35-20-8-7-19-34(35)42-38/h3-23H,1-2H3. The maximum absolute atomic E-state index is 5.33. The molecule has 0 unspecified atom stereocenters. The molecule has 0 bridgehead atoms. The molecule has 0 radical (unpaired) electrons. The molecule has 8 aromatic rings. The highest BCUT2D eigenvalue weighted by Crippen LogP contribution is 2.53. The van der Waals surface area contributed by atoms with Gasteiger partial charge < -0.3 is 0 Å². The number of para-hydroxylation sites is 3. The van der Waals surface area contributed by atoms with Crippen LogP contribution in [0.3, 0.4) is 0 Å². The number of aromatic nitrogens is 3. The molecule has 0 amide bonds. The molecular formula is C41H27N3. The van der Waals surface area contributed by atoms with E-state index < -0.39 is 0 Å². The van der Waals surface area contributed by atoms with Gasteiger partial charge in [0, 0.05) is 27.3 Å². The van der Waals surface area contributed by atoms with Crippen molar-refractivity contribution >= 4 is 32.8 Å². The average Bonchev–Trinajstić information content (AvgIpc) is 3.48. The summed E-state index contributed by atoms with van der Waals surface area (Å²) < 4.78 is 2.37. The third-order valence-corrected chi connectivity index (χ3v) is 9.94. The predicted molar refractivity (Wildman–Crippen MR) is 181 cm³/mol. The SMILES string of the molecule is CC1(C)c2ccccc2-c2c(-c3ccc4c5cccc6c5n(c4c3)-c3nc4ccccc4nc3-c3ccccc3-6)cccc21. The first-order valence-corrected chi connectivity index (χ1v) is 15.3. The van der Waals surface area contributed by atoms with Gasteiger partial charge in [-0.2, -0.15) is 0 Å². The van der Waals surface area contributed by atoms with Crippen LogP contribution in [-0.2, 0) is 5.41 Å². The fourth-order valence-electron chi connectivity index (χ4n) is 7.92. The summed E-state index contributed by atoms with van der Waals surface area (Å²) in [5.74, 6) is 0.878. The summed E-state index contributed by atoms with van der Waals surface area (Å²) in [5.41, 5.74) is 16.4. The molecule has 3 heterocycles. The number of hydrogen-bond donors (Lipinski definition) is 0. The van der Waals surface area contributed by atoms with Crippen molar-refractivity contribution in [3.8, 4) is 50.5 Å². The van der Waals surface area contributed by atoms with Gasteiger partial charge in [0.2, 0.25) is 0 Å². The van der Waals surface area contributed by atoms with E-state index in [1.807, 2.05) is 12.1 Å². The van der Waals surface area contributed by atoms with E-state index >= 15 is 0 Å². The maximum atomic E-state index is 5.33. The molecule has 206 valence electrons. The number of nitrogens with zero attached hydrogens (tertiary/aromatic N) is 3. The lowest BCUT2D eigenvalue weighted by atomic mass is 9.82. The zero-order valence-corrected chi connectivity index (χ0v) is 24.5. The molecule has 44 heavy (non-hydrogen) atoms. The molecule has 1 aliphatic carbocycles. The minimum absolute atomic E-state index is 0.0457. The van der Waals surface area contributed by atoms with Crippen LogP contribution in [0.25, 0.3) is 83.3 Å². The van der Waals surface area contributed by atoms with Crippen molar-refractivity contribution in [3.63, 3.8) is 0 Å². The van der Waals surface area contributed by atoms with E-state index in [1.54, 1.807) is 0 Å². The largest absolute Gasteiger partial charge is 0.291 e. The molecule has 0 saturated carbocycles. The lowest BCUT2D eigenvalue weighted by Gasteiger charge is -2.21. The maximum Gasteiger partial charge on any atom is 0.165 e. The molecule has 10 rings (SSSR count). The van der Waals surface area contributed by atoms with Crippen molar-refractivity contribution < 1.29 is 0 Å². The van der Waals surface area contributed by atoms with Gasteiger partial charge in [0.25, 0.3) is 0 Å². The van der Waals surface area contributed by atoms with Gasteiger partial charge in [0.15, 0.2) is 5.82 Å². The van der Waals surface area contributed by atoms with Crippen LogP contribution < -0.4 is 0 Å². The van der Waals surface area contributed by atoms with Crippen molar-refractivity contribution in [1.82, 2.24) is 14.5 Å². The van der Waals surface area contributed by atoms with Crippen LogP contribution in [-0.4, -0.2) is 14.5 Å². The summed E-state index contributed by atoms with van der Waals surface area (Å²) in [7, 11) is 0. The summed E-state index contributed by atoms with van der Waals surface area (Å²) in [4.78, 5) is 10.6. The zero-order valence-electron chi connectivity index (χ0n) is 24.5. The minimum atomic E-state index is -0.0457. The van der Waals surface area contributed by atoms with Crippen molar-refractivity contribution in [2.75, 3.05) is 0 Å². The lowest BCUT2D eigenvalue weighted by Crippen LogP contribution is -2.14. The summed E-state index contributed by atoms with van der Waals surface area (Å²) in [6.45, 7) is 4.69. The molecule has 0 fully saturated rings. The van der Waals surface area contributed by atoms with Gasteiger partial charge in [-0.25, -0.2) is 9.97 Å². The molecular weight excluding hydrogens is 534 g/mol. The molecule has 3 heteroatoms. The number of hydrogen-bond acceptors (Lipinski definition) is 2. The molecule has 0 atom stereocenters. The molecule has 0 N–H and O–H groups in total. The van der Waals surface area contributed by atoms with E-state index in [2.05, 4.69) is 134 Å². The van der Waals surface area contributed by atoms with E-state index in [4.69, 9.17) is 9.97 Å². The Kier molecular flexibility index (Phi) is 4.52. The topological polar surface area (TPSA) is 30.7 Å². The fourth-order valence-corrected chi connectivity index (χ4v) is 7.92. The highest BCUT2D eigenvalue weighted by atomic mass is 15.1. The zero-order chi connectivity index (χ0) is 29.2. The fraction of sp³-hybridized carbons (Fsp3) is 0.0732. The third kappa shape index (κ3) is 2.96. The molecule has 6 aromatic carbocycles. The Morgan fingerprint density at radius 2 is 1.18 bits per heavy atom. The molecule has 0 spiro atoms. The minimum Gasteiger partial charge on any atom is -0.291 e. The van der Waals surface area contributed by atoms with Gasteiger partial charge in [0.1, 0.15) is 5.69 Å². The second-order valence-corrected chi connectivity index (χ2v) is 12.6. The Balaban J connectivity index is 1.34. The van der Waals surface area contributed by atoms with E-state index in [9.17, 15) is 0 Å². The Bertz CT molecular complexity index is 2530. The highest BCUT2D eigenvalue weighted by molar-refractivity contribution is 6.17. The Labute approximate surface area is 255 Å². The summed E-state index contributed by atoms with van der Waals surface area (Å²) in [6, 6.07) is 46.2. The summed E-state index contributed by atoms with van der Waals surface area (Å²) in [6.07, 6.45) is 0. The van der Waals surface area contributed by atoms with E-state index in [0.29, 0.717) is 0 Å². The molecule has 0 saturated heterocycles. The van der Waals surface area contributed by atoms with Crippen LogP contribution in [0.2, 0.25) is 0 Å². The van der Waals surface area contributed by atoms with Gasteiger partial charge >= 0.3 is 0 Å². The number of fused-ring (bicyclic) bond motifs is 12. The second-order valence-electron chi connectivity index (χ2n) is 12.6. The third-order valence-electron chi connectivity index (χ3n) is 9.94. The van der Waals surface area contributed by atoms with Crippen LogP contribution in [0.1, 0.15) is 25.0 Å². The smallest absolute Gasteiger partial charge is 0.165 e.